The molecule has 0 aliphatic carbocycles. The SMILES string of the molecule is COc1ccc(OCc2c(Cl)cc(F)cc2C(C)N(CCNC(C)(C)C(=O)O)C(=O)OC(C)(C)C)cc1. The predicted octanol–water partition coefficient (Wildman–Crippen LogP) is 5.82. The van der Waals surface area contributed by atoms with Gasteiger partial charge in [-0.05, 0) is 83.5 Å². The average Bonchev–Trinajstić information content (AvgIpc) is 2.79. The third-order valence-electron chi connectivity index (χ3n) is 5.64. The van der Waals surface area contributed by atoms with Crippen LogP contribution < -0.4 is 14.8 Å². The van der Waals surface area contributed by atoms with Crippen LogP contribution in [0, 0.1) is 5.82 Å². The third-order valence-corrected chi connectivity index (χ3v) is 5.97. The Morgan fingerprint density at radius 3 is 2.24 bits per heavy atom. The number of halogens is 2. The van der Waals surface area contributed by atoms with Crippen molar-refractivity contribution in [3.8, 4) is 11.5 Å². The number of benzene rings is 2. The van der Waals surface area contributed by atoms with Crippen LogP contribution in [-0.4, -0.2) is 53.4 Å². The first-order chi connectivity index (χ1) is 17.1. The zero-order valence-corrected chi connectivity index (χ0v) is 23.1. The van der Waals surface area contributed by atoms with Crippen molar-refractivity contribution in [1.82, 2.24) is 10.2 Å². The molecule has 1 unspecified atom stereocenters. The highest BCUT2D eigenvalue weighted by molar-refractivity contribution is 6.31. The zero-order chi connectivity index (χ0) is 28.0. The summed E-state index contributed by atoms with van der Waals surface area (Å²) in [5.74, 6) is -0.355. The zero-order valence-electron chi connectivity index (χ0n) is 22.4. The number of carbonyl (C=O) groups excluding carboxylic acids is 1. The van der Waals surface area contributed by atoms with Gasteiger partial charge in [-0.2, -0.15) is 0 Å². The van der Waals surface area contributed by atoms with Crippen LogP contribution in [0.3, 0.4) is 0 Å². The number of ether oxygens (including phenoxy) is 3. The summed E-state index contributed by atoms with van der Waals surface area (Å²) in [6, 6.07) is 8.81. The van der Waals surface area contributed by atoms with Crippen molar-refractivity contribution in [2.75, 3.05) is 20.2 Å². The first kappa shape index (κ1) is 30.2. The van der Waals surface area contributed by atoms with Gasteiger partial charge in [-0.25, -0.2) is 9.18 Å². The molecule has 0 spiro atoms. The van der Waals surface area contributed by atoms with E-state index in [1.165, 1.54) is 30.9 Å². The van der Waals surface area contributed by atoms with Crippen LogP contribution in [-0.2, 0) is 16.1 Å². The van der Waals surface area contributed by atoms with E-state index in [4.69, 9.17) is 25.8 Å². The number of methoxy groups -OCH3 is 1. The van der Waals surface area contributed by atoms with E-state index in [9.17, 15) is 19.1 Å². The van der Waals surface area contributed by atoms with Crippen LogP contribution >= 0.6 is 11.6 Å². The summed E-state index contributed by atoms with van der Waals surface area (Å²) < 4.78 is 31.2. The summed E-state index contributed by atoms with van der Waals surface area (Å²) in [7, 11) is 1.57. The highest BCUT2D eigenvalue weighted by Crippen LogP contribution is 2.32. The van der Waals surface area contributed by atoms with E-state index in [0.29, 0.717) is 22.6 Å². The Morgan fingerprint density at radius 2 is 1.70 bits per heavy atom. The summed E-state index contributed by atoms with van der Waals surface area (Å²) in [5, 5.41) is 12.5. The van der Waals surface area contributed by atoms with E-state index in [2.05, 4.69) is 5.32 Å². The normalized spacial score (nSPS) is 12.6. The molecule has 0 saturated heterocycles. The summed E-state index contributed by atoms with van der Waals surface area (Å²) in [6.45, 7) is 10.3. The quantitative estimate of drug-likeness (QED) is 0.372. The van der Waals surface area contributed by atoms with Crippen LogP contribution in [0.5, 0.6) is 11.5 Å². The fourth-order valence-corrected chi connectivity index (χ4v) is 3.74. The maximum atomic E-state index is 14.5. The molecule has 2 N–H and O–H groups in total. The molecule has 2 aromatic carbocycles. The molecule has 37 heavy (non-hydrogen) atoms. The Labute approximate surface area is 222 Å². The molecule has 2 aromatic rings. The van der Waals surface area contributed by atoms with Gasteiger partial charge >= 0.3 is 12.1 Å². The lowest BCUT2D eigenvalue weighted by Crippen LogP contribution is -2.50. The highest BCUT2D eigenvalue weighted by Gasteiger charge is 2.31. The monoisotopic (exact) mass is 538 g/mol. The molecule has 0 fully saturated rings. The average molecular weight is 539 g/mol. The van der Waals surface area contributed by atoms with Gasteiger partial charge in [0.1, 0.15) is 35.1 Å². The van der Waals surface area contributed by atoms with Crippen molar-refractivity contribution in [2.45, 2.75) is 65.3 Å². The number of hydrogen-bond donors (Lipinski definition) is 2. The third kappa shape index (κ3) is 8.79. The van der Waals surface area contributed by atoms with Gasteiger partial charge in [0, 0.05) is 18.7 Å². The summed E-state index contributed by atoms with van der Waals surface area (Å²) in [4.78, 5) is 26.1. The van der Waals surface area contributed by atoms with Gasteiger partial charge in [-0.3, -0.25) is 4.79 Å². The predicted molar refractivity (Wildman–Crippen MR) is 140 cm³/mol. The minimum absolute atomic E-state index is 0.0254. The fraction of sp³-hybridized carbons (Fsp3) is 0.481. The van der Waals surface area contributed by atoms with Crippen LogP contribution in [0.15, 0.2) is 36.4 Å². The molecule has 0 bridgehead atoms. The second-order valence-electron chi connectivity index (χ2n) is 10.1. The van der Waals surface area contributed by atoms with Gasteiger partial charge in [-0.1, -0.05) is 11.6 Å². The van der Waals surface area contributed by atoms with Gasteiger partial charge < -0.3 is 29.5 Å². The Bertz CT molecular complexity index is 1090. The van der Waals surface area contributed by atoms with E-state index in [0.717, 1.165) is 0 Å². The maximum Gasteiger partial charge on any atom is 0.410 e. The van der Waals surface area contributed by atoms with Gasteiger partial charge in [0.2, 0.25) is 0 Å². The summed E-state index contributed by atoms with van der Waals surface area (Å²) >= 11 is 6.43. The van der Waals surface area contributed by atoms with E-state index in [1.54, 1.807) is 59.1 Å². The molecule has 1 atom stereocenters. The number of amides is 1. The van der Waals surface area contributed by atoms with Crippen molar-refractivity contribution in [1.29, 1.82) is 0 Å². The minimum atomic E-state index is -1.21. The number of rotatable bonds is 11. The van der Waals surface area contributed by atoms with E-state index in [1.807, 2.05) is 0 Å². The molecule has 0 aromatic heterocycles. The Kier molecular flexibility index (Phi) is 10.2. The second kappa shape index (κ2) is 12.5. The maximum absolute atomic E-state index is 14.5. The molecule has 1 amide bonds. The molecule has 204 valence electrons. The van der Waals surface area contributed by atoms with Gasteiger partial charge in [0.15, 0.2) is 0 Å². The molecular weight excluding hydrogens is 503 g/mol. The summed E-state index contributed by atoms with van der Waals surface area (Å²) in [5.41, 5.74) is -1.02. The topological polar surface area (TPSA) is 97.3 Å². The number of nitrogens with zero attached hydrogens (tertiary/aromatic N) is 1. The van der Waals surface area contributed by atoms with Gasteiger partial charge in [0.05, 0.1) is 18.2 Å². The molecule has 0 radical (unpaired) electrons. The molecule has 0 heterocycles. The molecule has 0 aliphatic heterocycles. The molecule has 2 rings (SSSR count). The van der Waals surface area contributed by atoms with Crippen molar-refractivity contribution in [3.05, 3.63) is 58.4 Å². The molecular formula is C27H36ClFN2O6. The fourth-order valence-electron chi connectivity index (χ4n) is 3.47. The lowest BCUT2D eigenvalue weighted by atomic mass is 10.00. The number of hydrogen-bond acceptors (Lipinski definition) is 6. The Morgan fingerprint density at radius 1 is 1.11 bits per heavy atom. The number of aliphatic carboxylic acids is 1. The largest absolute Gasteiger partial charge is 0.497 e. The second-order valence-corrected chi connectivity index (χ2v) is 10.5. The number of carboxylic acids is 1. The van der Waals surface area contributed by atoms with Crippen molar-refractivity contribution in [3.63, 3.8) is 0 Å². The van der Waals surface area contributed by atoms with Gasteiger partial charge in [-0.15, -0.1) is 0 Å². The molecule has 10 heteroatoms. The van der Waals surface area contributed by atoms with Crippen molar-refractivity contribution < 1.29 is 33.3 Å². The van der Waals surface area contributed by atoms with E-state index in [-0.39, 0.29) is 24.7 Å². The van der Waals surface area contributed by atoms with Crippen LogP contribution in [0.1, 0.15) is 58.7 Å². The van der Waals surface area contributed by atoms with Crippen LogP contribution in [0.25, 0.3) is 0 Å². The van der Waals surface area contributed by atoms with E-state index >= 15 is 0 Å². The Hall–Kier alpha value is -3.04. The first-order valence-corrected chi connectivity index (χ1v) is 12.2. The van der Waals surface area contributed by atoms with Crippen molar-refractivity contribution >= 4 is 23.7 Å². The van der Waals surface area contributed by atoms with Crippen LogP contribution in [0.4, 0.5) is 9.18 Å². The lowest BCUT2D eigenvalue weighted by Gasteiger charge is -2.34. The lowest BCUT2D eigenvalue weighted by molar-refractivity contribution is -0.143. The van der Waals surface area contributed by atoms with Gasteiger partial charge in [0.25, 0.3) is 0 Å². The minimum Gasteiger partial charge on any atom is -0.497 e. The van der Waals surface area contributed by atoms with E-state index < -0.39 is 35.1 Å². The first-order valence-electron chi connectivity index (χ1n) is 11.9. The standard InChI is InChI=1S/C27H36ClFN2O6/c1-17(31(25(34)37-26(2,3)4)13-12-30-27(5,6)24(32)33)21-14-18(29)15-23(28)22(21)16-36-20-10-8-19(35-7)9-11-20/h8-11,14-15,17,30H,12-13,16H2,1-7H3,(H,32,33). The molecule has 8 nitrogen and oxygen atoms in total. The Balaban J connectivity index is 2.36. The summed E-state index contributed by atoms with van der Waals surface area (Å²) in [6.07, 6.45) is -0.627. The molecule has 0 aliphatic rings. The smallest absolute Gasteiger partial charge is 0.410 e. The number of carboxylic acid groups (broad SMARTS) is 1. The molecule has 0 saturated carbocycles. The number of carbonyl (C=O) groups is 2. The van der Waals surface area contributed by atoms with Crippen LogP contribution in [0.2, 0.25) is 5.02 Å². The highest BCUT2D eigenvalue weighted by atomic mass is 35.5. The number of nitrogens with one attached hydrogen (secondary N) is 1. The van der Waals surface area contributed by atoms with Crippen molar-refractivity contribution in [2.24, 2.45) is 0 Å².